The Hall–Kier alpha value is -1.18. The molecule has 3 rings (SSSR count). The van der Waals surface area contributed by atoms with Crippen LogP contribution in [-0.4, -0.2) is 19.1 Å². The van der Waals surface area contributed by atoms with Gasteiger partial charge in [0.25, 0.3) is 0 Å². The molecule has 2 atom stereocenters. The summed E-state index contributed by atoms with van der Waals surface area (Å²) in [7, 11) is 2.26. The highest BCUT2D eigenvalue weighted by Gasteiger charge is 2.33. The molecular formula is C16H24N2. The molecule has 1 aliphatic heterocycles. The van der Waals surface area contributed by atoms with Crippen molar-refractivity contribution in [1.29, 1.82) is 0 Å². The van der Waals surface area contributed by atoms with Gasteiger partial charge in [-0.3, -0.25) is 0 Å². The molecule has 1 aromatic carbocycles. The van der Waals surface area contributed by atoms with Crippen molar-refractivity contribution in [2.45, 2.75) is 57.5 Å². The van der Waals surface area contributed by atoms with Gasteiger partial charge in [0.15, 0.2) is 0 Å². The third-order valence-electron chi connectivity index (χ3n) is 4.64. The van der Waals surface area contributed by atoms with Gasteiger partial charge in [0.05, 0.1) is 11.4 Å². The van der Waals surface area contributed by atoms with E-state index >= 15 is 0 Å². The predicted octanol–water partition coefficient (Wildman–Crippen LogP) is 3.98. The lowest BCUT2D eigenvalue weighted by atomic mass is 9.86. The van der Waals surface area contributed by atoms with Crippen molar-refractivity contribution < 1.29 is 0 Å². The summed E-state index contributed by atoms with van der Waals surface area (Å²) in [6, 6.07) is 8.27. The van der Waals surface area contributed by atoms with Crippen LogP contribution in [0.3, 0.4) is 0 Å². The highest BCUT2D eigenvalue weighted by atomic mass is 15.2. The van der Waals surface area contributed by atoms with E-state index in [1.807, 2.05) is 0 Å². The van der Waals surface area contributed by atoms with Crippen molar-refractivity contribution in [3.63, 3.8) is 0 Å². The fourth-order valence-corrected chi connectivity index (χ4v) is 3.46. The Morgan fingerprint density at radius 3 is 2.78 bits per heavy atom. The van der Waals surface area contributed by atoms with Crippen LogP contribution >= 0.6 is 0 Å². The Labute approximate surface area is 110 Å². The Balaban J connectivity index is 1.96. The minimum absolute atomic E-state index is 0.603. The predicted molar refractivity (Wildman–Crippen MR) is 78.6 cm³/mol. The Morgan fingerprint density at radius 1 is 1.22 bits per heavy atom. The number of hydrogen-bond donors (Lipinski definition) is 1. The molecule has 2 aliphatic rings. The van der Waals surface area contributed by atoms with E-state index < -0.39 is 0 Å². The SMILES string of the molecule is CC(C)c1ccc2c(c1)NC1CCCCC1N2C. The second kappa shape index (κ2) is 4.49. The summed E-state index contributed by atoms with van der Waals surface area (Å²) in [4.78, 5) is 2.50. The van der Waals surface area contributed by atoms with Gasteiger partial charge in [-0.25, -0.2) is 0 Å². The topological polar surface area (TPSA) is 15.3 Å². The van der Waals surface area contributed by atoms with Crippen molar-refractivity contribution in [3.05, 3.63) is 23.8 Å². The molecule has 2 unspecified atom stereocenters. The zero-order valence-electron chi connectivity index (χ0n) is 11.7. The smallest absolute Gasteiger partial charge is 0.0602 e. The molecule has 0 spiro atoms. The van der Waals surface area contributed by atoms with E-state index in [1.165, 1.54) is 42.6 Å². The number of rotatable bonds is 1. The summed E-state index contributed by atoms with van der Waals surface area (Å²) in [6.07, 6.45) is 5.41. The highest BCUT2D eigenvalue weighted by molar-refractivity contribution is 5.74. The van der Waals surface area contributed by atoms with Gasteiger partial charge >= 0.3 is 0 Å². The third kappa shape index (κ3) is 1.88. The van der Waals surface area contributed by atoms with Gasteiger partial charge in [-0.05, 0) is 36.5 Å². The number of nitrogens with zero attached hydrogens (tertiary/aromatic N) is 1. The molecule has 1 aliphatic carbocycles. The normalized spacial score (nSPS) is 26.6. The van der Waals surface area contributed by atoms with Gasteiger partial charge in [0.2, 0.25) is 0 Å². The largest absolute Gasteiger partial charge is 0.379 e. The van der Waals surface area contributed by atoms with E-state index in [4.69, 9.17) is 0 Å². The van der Waals surface area contributed by atoms with Crippen LogP contribution in [0.2, 0.25) is 0 Å². The van der Waals surface area contributed by atoms with Crippen LogP contribution in [0.15, 0.2) is 18.2 Å². The summed E-state index contributed by atoms with van der Waals surface area (Å²) < 4.78 is 0. The van der Waals surface area contributed by atoms with Crippen molar-refractivity contribution in [2.75, 3.05) is 17.3 Å². The zero-order chi connectivity index (χ0) is 12.7. The first-order chi connectivity index (χ1) is 8.66. The Kier molecular flexibility index (Phi) is 2.96. The van der Waals surface area contributed by atoms with Crippen molar-refractivity contribution in [2.24, 2.45) is 0 Å². The monoisotopic (exact) mass is 244 g/mol. The first kappa shape index (κ1) is 11.9. The molecule has 1 N–H and O–H groups in total. The molecule has 2 nitrogen and oxygen atoms in total. The van der Waals surface area contributed by atoms with Gasteiger partial charge in [0, 0.05) is 19.1 Å². The second-order valence-electron chi connectivity index (χ2n) is 6.14. The molecule has 98 valence electrons. The average Bonchev–Trinajstić information content (AvgIpc) is 2.38. The van der Waals surface area contributed by atoms with Crippen LogP contribution in [0.25, 0.3) is 0 Å². The van der Waals surface area contributed by atoms with E-state index in [9.17, 15) is 0 Å². The summed E-state index contributed by atoms with van der Waals surface area (Å²) in [6.45, 7) is 4.52. The van der Waals surface area contributed by atoms with Crippen LogP contribution < -0.4 is 10.2 Å². The lowest BCUT2D eigenvalue weighted by molar-refractivity contribution is 0.385. The fraction of sp³-hybridized carbons (Fsp3) is 0.625. The summed E-state index contributed by atoms with van der Waals surface area (Å²) in [5.74, 6) is 0.603. The number of fused-ring (bicyclic) bond motifs is 2. The minimum atomic E-state index is 0.603. The molecular weight excluding hydrogens is 220 g/mol. The minimum Gasteiger partial charge on any atom is -0.379 e. The molecule has 1 aromatic rings. The molecule has 18 heavy (non-hydrogen) atoms. The number of likely N-dealkylation sites (N-methyl/N-ethyl adjacent to an activating group) is 1. The zero-order valence-corrected chi connectivity index (χ0v) is 11.7. The molecule has 0 amide bonds. The molecule has 1 heterocycles. The van der Waals surface area contributed by atoms with Crippen LogP contribution in [0.5, 0.6) is 0 Å². The lowest BCUT2D eigenvalue weighted by Crippen LogP contribution is -2.50. The van der Waals surface area contributed by atoms with Gasteiger partial charge in [0.1, 0.15) is 0 Å². The van der Waals surface area contributed by atoms with Gasteiger partial charge in [-0.1, -0.05) is 32.8 Å². The van der Waals surface area contributed by atoms with Crippen LogP contribution in [0.1, 0.15) is 51.0 Å². The van der Waals surface area contributed by atoms with Crippen molar-refractivity contribution >= 4 is 11.4 Å². The number of nitrogens with one attached hydrogen (secondary N) is 1. The molecule has 0 radical (unpaired) electrons. The fourth-order valence-electron chi connectivity index (χ4n) is 3.46. The Bertz CT molecular complexity index is 439. The molecule has 0 saturated heterocycles. The van der Waals surface area contributed by atoms with E-state index in [0.29, 0.717) is 18.0 Å². The number of hydrogen-bond acceptors (Lipinski definition) is 2. The molecule has 2 heteroatoms. The number of anilines is 2. The Morgan fingerprint density at radius 2 is 2.00 bits per heavy atom. The van der Waals surface area contributed by atoms with Gasteiger partial charge < -0.3 is 10.2 Å². The molecule has 1 fully saturated rings. The van der Waals surface area contributed by atoms with Crippen molar-refractivity contribution in [3.8, 4) is 0 Å². The van der Waals surface area contributed by atoms with E-state index in [1.54, 1.807) is 0 Å². The van der Waals surface area contributed by atoms with Crippen molar-refractivity contribution in [1.82, 2.24) is 0 Å². The first-order valence-electron chi connectivity index (χ1n) is 7.30. The summed E-state index contributed by atoms with van der Waals surface area (Å²) >= 11 is 0. The average molecular weight is 244 g/mol. The lowest BCUT2D eigenvalue weighted by Gasteiger charge is -2.45. The second-order valence-corrected chi connectivity index (χ2v) is 6.14. The summed E-state index contributed by atoms with van der Waals surface area (Å²) in [5.41, 5.74) is 4.15. The van der Waals surface area contributed by atoms with Crippen LogP contribution in [0, 0.1) is 0 Å². The highest BCUT2D eigenvalue weighted by Crippen LogP contribution is 2.39. The third-order valence-corrected chi connectivity index (χ3v) is 4.64. The van der Waals surface area contributed by atoms with E-state index in [-0.39, 0.29) is 0 Å². The first-order valence-corrected chi connectivity index (χ1v) is 7.30. The maximum Gasteiger partial charge on any atom is 0.0602 e. The van der Waals surface area contributed by atoms with Crippen LogP contribution in [0.4, 0.5) is 11.4 Å². The number of benzene rings is 1. The van der Waals surface area contributed by atoms with E-state index in [2.05, 4.69) is 49.3 Å². The van der Waals surface area contributed by atoms with Gasteiger partial charge in [-0.15, -0.1) is 0 Å². The van der Waals surface area contributed by atoms with Crippen LogP contribution in [-0.2, 0) is 0 Å². The maximum absolute atomic E-state index is 3.78. The molecule has 0 aromatic heterocycles. The van der Waals surface area contributed by atoms with E-state index in [0.717, 1.165) is 0 Å². The van der Waals surface area contributed by atoms with Gasteiger partial charge in [-0.2, -0.15) is 0 Å². The molecule has 1 saturated carbocycles. The standard InChI is InChI=1S/C16H24N2/c1-11(2)12-8-9-16-14(10-12)17-13-6-4-5-7-15(13)18(16)3/h8-11,13,15,17H,4-7H2,1-3H3. The summed E-state index contributed by atoms with van der Waals surface area (Å²) in [5, 5.41) is 3.78. The molecule has 0 bridgehead atoms. The maximum atomic E-state index is 3.78. The quantitative estimate of drug-likeness (QED) is 0.803.